The average molecular weight is 857 g/mol. The molecule has 3 fully saturated rings. The zero-order valence-corrected chi connectivity index (χ0v) is 36.8. The Morgan fingerprint density at radius 2 is 1.68 bits per heavy atom. The van der Waals surface area contributed by atoms with Crippen molar-refractivity contribution in [3.63, 3.8) is 0 Å². The van der Waals surface area contributed by atoms with E-state index in [0.717, 1.165) is 118 Å². The normalized spacial score (nSPS) is 17.7. The van der Waals surface area contributed by atoms with Gasteiger partial charge >= 0.3 is 0 Å². The van der Waals surface area contributed by atoms with E-state index in [1.807, 2.05) is 30.5 Å². The summed E-state index contributed by atoms with van der Waals surface area (Å²) in [4.78, 5) is 17.8. The monoisotopic (exact) mass is 856 g/mol. The summed E-state index contributed by atoms with van der Waals surface area (Å²) in [7, 11) is 1.89. The number of aromatic nitrogens is 2. The molecule has 10 nitrogen and oxygen atoms in total. The minimum absolute atomic E-state index is 0.163. The number of benzene rings is 3. The van der Waals surface area contributed by atoms with Crippen molar-refractivity contribution in [2.75, 3.05) is 87.4 Å². The van der Waals surface area contributed by atoms with Gasteiger partial charge in [-0.1, -0.05) is 63.6 Å². The van der Waals surface area contributed by atoms with Crippen LogP contribution in [0.15, 0.2) is 123 Å². The lowest BCUT2D eigenvalue weighted by atomic mass is 9.96. The van der Waals surface area contributed by atoms with Crippen LogP contribution in [0.4, 0.5) is 25.8 Å². The summed E-state index contributed by atoms with van der Waals surface area (Å²) in [5.41, 5.74) is 10.3. The molecule has 2 aromatic heterocycles. The van der Waals surface area contributed by atoms with Crippen LogP contribution in [0.2, 0.25) is 0 Å². The van der Waals surface area contributed by atoms with Gasteiger partial charge in [-0.05, 0) is 73.0 Å². The maximum Gasteiger partial charge on any atom is 0.157 e. The summed E-state index contributed by atoms with van der Waals surface area (Å²) in [6.07, 6.45) is 5.49. The number of nitrogens with zero attached hydrogens (tertiary/aromatic N) is 6. The van der Waals surface area contributed by atoms with Crippen LogP contribution in [0.25, 0.3) is 27.7 Å². The summed E-state index contributed by atoms with van der Waals surface area (Å²) in [5.74, 6) is -1.35. The van der Waals surface area contributed by atoms with Gasteiger partial charge in [-0.15, -0.1) is 0 Å². The molecule has 0 radical (unpaired) electrons. The first-order valence-electron chi connectivity index (χ1n) is 21.5. The van der Waals surface area contributed by atoms with E-state index in [1.54, 1.807) is 6.20 Å². The molecule has 5 heterocycles. The standard InChI is InChI=1S/C49H58F2N10S/c1-7-57(6)62-56-46-18-16-44(50)47(48(46)51)35(4)43-30-53-49-42(43)27-39(29-52-49)38-14-12-37(13-15-38)32-59-19-23-60(24-20-59)34(3)31-58-21-25-61(26-22-58)41-10-8-9-40(28-41)55-45-17-11-33(2)54-36(45)5/h8-10,12-16,18,27-30,45,54-56H,2-5,7,11,17,19-26,31-32H2,1,6H3,(H,52,53). The molecule has 3 saturated heterocycles. The summed E-state index contributed by atoms with van der Waals surface area (Å²) in [6, 6.07) is 22.2. The first kappa shape index (κ1) is 43.1. The number of fused-ring (bicyclic) bond motifs is 1. The predicted octanol–water partition coefficient (Wildman–Crippen LogP) is 9.14. The Balaban J connectivity index is 0.810. The fourth-order valence-electron chi connectivity index (χ4n) is 8.47. The van der Waals surface area contributed by atoms with Crippen LogP contribution in [0.3, 0.4) is 0 Å². The van der Waals surface area contributed by atoms with Crippen molar-refractivity contribution in [3.05, 3.63) is 151 Å². The fourth-order valence-corrected chi connectivity index (χ4v) is 9.01. The largest absolute Gasteiger partial charge is 0.377 e. The molecule has 0 spiro atoms. The topological polar surface area (TPSA) is 81.0 Å². The molecule has 1 atom stereocenters. The Hall–Kier alpha value is -5.60. The van der Waals surface area contributed by atoms with Gasteiger partial charge in [0, 0.05) is 141 Å². The van der Waals surface area contributed by atoms with Crippen LogP contribution in [0, 0.1) is 11.6 Å². The number of anilines is 3. The molecular weight excluding hydrogens is 799 g/mol. The van der Waals surface area contributed by atoms with Crippen molar-refractivity contribution in [1.29, 1.82) is 0 Å². The summed E-state index contributed by atoms with van der Waals surface area (Å²) < 4.78 is 35.8. The van der Waals surface area contributed by atoms with E-state index >= 15 is 8.78 Å². The third-order valence-electron chi connectivity index (χ3n) is 12.3. The lowest BCUT2D eigenvalue weighted by Gasteiger charge is -2.40. The van der Waals surface area contributed by atoms with Crippen molar-refractivity contribution in [1.82, 2.24) is 34.3 Å². The maximum absolute atomic E-state index is 15.7. The molecule has 5 aromatic rings. The Labute approximate surface area is 369 Å². The van der Waals surface area contributed by atoms with Gasteiger partial charge in [0.15, 0.2) is 5.82 Å². The molecule has 8 rings (SSSR count). The molecular formula is C49H58F2N10S. The van der Waals surface area contributed by atoms with Gasteiger partial charge in [-0.25, -0.2) is 18.1 Å². The number of halogens is 2. The van der Waals surface area contributed by atoms with Crippen molar-refractivity contribution in [3.8, 4) is 11.1 Å². The first-order valence-corrected chi connectivity index (χ1v) is 22.3. The summed E-state index contributed by atoms with van der Waals surface area (Å²) in [6.45, 7) is 29.3. The Bertz CT molecular complexity index is 2430. The molecule has 0 aliphatic carbocycles. The number of nitrogens with one attached hydrogen (secondary N) is 4. The second kappa shape index (κ2) is 19.2. The second-order valence-electron chi connectivity index (χ2n) is 16.6. The molecule has 0 bridgehead atoms. The Morgan fingerprint density at radius 1 is 0.919 bits per heavy atom. The number of piperazine rings is 2. The van der Waals surface area contributed by atoms with Gasteiger partial charge in [-0.3, -0.25) is 9.80 Å². The first-order chi connectivity index (χ1) is 30.0. The van der Waals surface area contributed by atoms with E-state index in [9.17, 15) is 0 Å². The molecule has 1 unspecified atom stereocenters. The lowest BCUT2D eigenvalue weighted by molar-refractivity contribution is 0.141. The van der Waals surface area contributed by atoms with E-state index in [2.05, 4.69) is 120 Å². The van der Waals surface area contributed by atoms with Crippen LogP contribution < -0.4 is 20.3 Å². The molecule has 3 aliphatic heterocycles. The van der Waals surface area contributed by atoms with Crippen LogP contribution in [-0.2, 0) is 6.54 Å². The minimum atomic E-state index is -0.684. The van der Waals surface area contributed by atoms with Crippen LogP contribution in [-0.4, -0.2) is 108 Å². The zero-order valence-electron chi connectivity index (χ0n) is 36.0. The second-order valence-corrected chi connectivity index (χ2v) is 17.6. The molecule has 4 N–H and O–H groups in total. The third-order valence-corrected chi connectivity index (χ3v) is 13.2. The quantitative estimate of drug-likeness (QED) is 0.0767. The van der Waals surface area contributed by atoms with Gasteiger partial charge in [0.05, 0.1) is 17.3 Å². The molecule has 3 aromatic carbocycles. The van der Waals surface area contributed by atoms with E-state index in [-0.39, 0.29) is 22.9 Å². The number of hydrogen-bond acceptors (Lipinski definition) is 10. The van der Waals surface area contributed by atoms with Crippen LogP contribution in [0.1, 0.15) is 36.5 Å². The Kier molecular flexibility index (Phi) is 13.3. The van der Waals surface area contributed by atoms with Crippen LogP contribution in [0.5, 0.6) is 0 Å². The molecule has 0 saturated carbocycles. The number of allylic oxidation sites excluding steroid dienone is 1. The summed E-state index contributed by atoms with van der Waals surface area (Å²) >= 11 is 1.25. The molecule has 3 aliphatic rings. The molecule has 0 amide bonds. The lowest BCUT2D eigenvalue weighted by Crippen LogP contribution is -2.50. The fraction of sp³-hybridized carbons (Fsp3) is 0.327. The van der Waals surface area contributed by atoms with Gasteiger partial charge in [0.25, 0.3) is 0 Å². The smallest absolute Gasteiger partial charge is 0.157 e. The Morgan fingerprint density at radius 3 is 2.42 bits per heavy atom. The zero-order chi connectivity index (χ0) is 43.3. The highest BCUT2D eigenvalue weighted by molar-refractivity contribution is 7.98. The van der Waals surface area contributed by atoms with Gasteiger partial charge in [0.2, 0.25) is 0 Å². The van der Waals surface area contributed by atoms with E-state index in [1.165, 1.54) is 41.2 Å². The van der Waals surface area contributed by atoms with E-state index in [0.29, 0.717) is 11.2 Å². The van der Waals surface area contributed by atoms with Crippen molar-refractivity contribution in [2.24, 2.45) is 0 Å². The number of pyridine rings is 1. The number of hydrogen-bond donors (Lipinski definition) is 4. The SMILES string of the molecule is C=C1CCC(Nc2cccc(N3CCN(CC(=C)N4CCN(Cc5ccc(-c6cnc7[nH]cc(C(=C)c8c(F)ccc(NSN(C)CC)c8F)c7c6)cc5)CC4)CC3)c2)C(=C)N1. The number of aromatic amines is 1. The average Bonchev–Trinajstić information content (AvgIpc) is 3.71. The highest BCUT2D eigenvalue weighted by atomic mass is 32.2. The van der Waals surface area contributed by atoms with Crippen LogP contribution >= 0.6 is 12.1 Å². The minimum Gasteiger partial charge on any atom is -0.377 e. The van der Waals surface area contributed by atoms with Gasteiger partial charge < -0.3 is 30.1 Å². The van der Waals surface area contributed by atoms with Crippen molar-refractivity contribution >= 4 is 45.8 Å². The van der Waals surface area contributed by atoms with Gasteiger partial charge in [-0.2, -0.15) is 0 Å². The number of H-pyrrole nitrogens is 1. The highest BCUT2D eigenvalue weighted by Gasteiger charge is 2.25. The highest BCUT2D eigenvalue weighted by Crippen LogP contribution is 2.36. The van der Waals surface area contributed by atoms with Gasteiger partial charge in [0.1, 0.15) is 11.5 Å². The molecule has 324 valence electrons. The summed E-state index contributed by atoms with van der Waals surface area (Å²) in [5, 5.41) is 7.72. The van der Waals surface area contributed by atoms with Crippen molar-refractivity contribution in [2.45, 2.75) is 32.4 Å². The van der Waals surface area contributed by atoms with E-state index < -0.39 is 11.6 Å². The third kappa shape index (κ3) is 9.86. The van der Waals surface area contributed by atoms with E-state index in [4.69, 9.17) is 0 Å². The van der Waals surface area contributed by atoms with Crippen molar-refractivity contribution < 1.29 is 8.78 Å². The molecule has 62 heavy (non-hydrogen) atoms. The number of rotatable bonds is 15. The number of piperidine rings is 1. The maximum atomic E-state index is 15.7. The predicted molar refractivity (Wildman–Crippen MR) is 255 cm³/mol. The molecule has 13 heteroatoms.